The second-order valence-corrected chi connectivity index (χ2v) is 5.18. The summed E-state index contributed by atoms with van der Waals surface area (Å²) in [4.78, 5) is 4.75. The maximum Gasteiger partial charge on any atom is 0.141 e. The zero-order valence-corrected chi connectivity index (χ0v) is 12.9. The first-order valence-electron chi connectivity index (χ1n) is 6.23. The van der Waals surface area contributed by atoms with Crippen LogP contribution in [0.2, 0.25) is 5.02 Å². The Balaban J connectivity index is 0.00000121. The van der Waals surface area contributed by atoms with Crippen molar-refractivity contribution >= 4 is 11.6 Å². The number of hydrogen-bond donors (Lipinski definition) is 0. The predicted molar refractivity (Wildman–Crippen MR) is 77.2 cm³/mol. The smallest absolute Gasteiger partial charge is 0.141 e. The van der Waals surface area contributed by atoms with Crippen molar-refractivity contribution in [2.24, 2.45) is 0 Å². The second-order valence-electron chi connectivity index (χ2n) is 4.74. The first-order chi connectivity index (χ1) is 9.31. The van der Waals surface area contributed by atoms with Crippen molar-refractivity contribution in [2.75, 3.05) is 0 Å². The molecule has 0 amide bonds. The van der Waals surface area contributed by atoms with E-state index in [-0.39, 0.29) is 17.0 Å². The van der Waals surface area contributed by atoms with E-state index in [1.54, 1.807) is 0 Å². The second kappa shape index (κ2) is 5.08. The maximum atomic E-state index is 5.92. The molecule has 3 aromatic rings. The van der Waals surface area contributed by atoms with Crippen LogP contribution in [0.4, 0.5) is 0 Å². The summed E-state index contributed by atoms with van der Waals surface area (Å²) >= 11 is 5.92. The molecule has 0 bridgehead atoms. The van der Waals surface area contributed by atoms with E-state index < -0.39 is 0 Å². The number of halogens is 2. The summed E-state index contributed by atoms with van der Waals surface area (Å²) in [6, 6.07) is 16.2. The fourth-order valence-electron chi connectivity index (χ4n) is 2.57. The average molecular weight is 347 g/mol. The van der Waals surface area contributed by atoms with Crippen LogP contribution < -0.4 is 17.0 Å². The van der Waals surface area contributed by atoms with E-state index in [1.807, 2.05) is 24.3 Å². The van der Waals surface area contributed by atoms with Crippen LogP contribution >= 0.6 is 11.6 Å². The van der Waals surface area contributed by atoms with Gasteiger partial charge < -0.3 is 21.5 Å². The largest absolute Gasteiger partial charge is 1.00 e. The first kappa shape index (κ1) is 13.4. The molecule has 4 rings (SSSR count). The minimum atomic E-state index is 0. The minimum absolute atomic E-state index is 0. The summed E-state index contributed by atoms with van der Waals surface area (Å²) < 4.78 is 2.20. The molecule has 2 nitrogen and oxygen atoms in total. The molecule has 0 N–H and O–H groups in total. The highest BCUT2D eigenvalue weighted by Crippen LogP contribution is 2.33. The predicted octanol–water partition coefficient (Wildman–Crippen LogP) is 1.24. The molecule has 2 aromatic carbocycles. The van der Waals surface area contributed by atoms with E-state index in [1.165, 1.54) is 11.1 Å². The van der Waals surface area contributed by atoms with Gasteiger partial charge in [-0.1, -0.05) is 48.0 Å². The topological polar surface area (TPSA) is 17.8 Å². The molecule has 0 aliphatic carbocycles. The van der Waals surface area contributed by atoms with Crippen LogP contribution in [0.25, 0.3) is 22.6 Å². The fraction of sp³-hybridized carbons (Fsp3) is 0.0625. The van der Waals surface area contributed by atoms with Crippen LogP contribution in [0, 0.1) is 0 Å². The third-order valence-corrected chi connectivity index (χ3v) is 3.77. The van der Waals surface area contributed by atoms with E-state index in [9.17, 15) is 0 Å². The Hall–Kier alpha value is -1.58. The molecule has 0 unspecified atom stereocenters. The summed E-state index contributed by atoms with van der Waals surface area (Å²) in [6.07, 6.45) is 2.11. The monoisotopic (exact) mass is 345 g/mol. The van der Waals surface area contributed by atoms with Crippen molar-refractivity contribution in [3.63, 3.8) is 0 Å². The molecule has 1 aromatic heterocycles. The van der Waals surface area contributed by atoms with Gasteiger partial charge in [0.05, 0.1) is 5.69 Å². The molecule has 20 heavy (non-hydrogen) atoms. The van der Waals surface area contributed by atoms with Crippen LogP contribution in [-0.2, 0) is 6.54 Å². The van der Waals surface area contributed by atoms with Gasteiger partial charge in [0.15, 0.2) is 0 Å². The van der Waals surface area contributed by atoms with Crippen molar-refractivity contribution in [1.29, 1.82) is 0 Å². The van der Waals surface area contributed by atoms with Crippen LogP contribution in [0.1, 0.15) is 5.56 Å². The van der Waals surface area contributed by atoms with Crippen molar-refractivity contribution in [3.8, 4) is 22.6 Å². The van der Waals surface area contributed by atoms with E-state index in [0.717, 1.165) is 28.6 Å². The highest BCUT2D eigenvalue weighted by atomic mass is 79.9. The van der Waals surface area contributed by atoms with Crippen LogP contribution in [0.5, 0.6) is 0 Å². The molecular formula is C16H11BrClN2-. The molecule has 0 fully saturated rings. The van der Waals surface area contributed by atoms with E-state index in [0.29, 0.717) is 0 Å². The average Bonchev–Trinajstić information content (AvgIpc) is 2.97. The molecule has 1 aliphatic heterocycles. The Morgan fingerprint density at radius 1 is 1.00 bits per heavy atom. The van der Waals surface area contributed by atoms with Gasteiger partial charge in [0.2, 0.25) is 0 Å². The number of nitrogens with zero attached hydrogens (tertiary/aromatic N) is 2. The van der Waals surface area contributed by atoms with Crippen molar-refractivity contribution in [3.05, 3.63) is 65.3 Å². The van der Waals surface area contributed by atoms with Gasteiger partial charge in [0.25, 0.3) is 0 Å². The number of imidazole rings is 1. The quantitative estimate of drug-likeness (QED) is 0.507. The normalized spacial score (nSPS) is 11.7. The molecule has 2 heterocycles. The molecule has 0 atom stereocenters. The van der Waals surface area contributed by atoms with Crippen molar-refractivity contribution in [2.45, 2.75) is 6.54 Å². The fourth-order valence-corrected chi connectivity index (χ4v) is 2.70. The molecule has 100 valence electrons. The standard InChI is InChI=1S/C16H11ClN2.BrH/c17-13-7-5-11(6-8-13)15-10-19-9-12-3-1-2-4-14(12)16(19)18-15;/h1-8,10H,9H2;1H/p-1. The molecule has 0 spiro atoms. The van der Waals surface area contributed by atoms with Crippen LogP contribution in [0.15, 0.2) is 54.7 Å². The van der Waals surface area contributed by atoms with Crippen LogP contribution in [-0.4, -0.2) is 9.55 Å². The Bertz CT molecular complexity index is 762. The summed E-state index contributed by atoms with van der Waals surface area (Å²) in [6.45, 7) is 0.909. The van der Waals surface area contributed by atoms with E-state index >= 15 is 0 Å². The van der Waals surface area contributed by atoms with Gasteiger partial charge in [-0.2, -0.15) is 0 Å². The molecule has 1 aliphatic rings. The number of aromatic nitrogens is 2. The minimum Gasteiger partial charge on any atom is -1.00 e. The molecule has 0 radical (unpaired) electrons. The summed E-state index contributed by atoms with van der Waals surface area (Å²) in [7, 11) is 0. The molecule has 0 saturated heterocycles. The highest BCUT2D eigenvalue weighted by molar-refractivity contribution is 6.30. The van der Waals surface area contributed by atoms with E-state index in [2.05, 4.69) is 35.0 Å². The maximum absolute atomic E-state index is 5.92. The van der Waals surface area contributed by atoms with Crippen molar-refractivity contribution in [1.82, 2.24) is 9.55 Å². The zero-order chi connectivity index (χ0) is 12.8. The number of fused-ring (bicyclic) bond motifs is 3. The van der Waals surface area contributed by atoms with E-state index in [4.69, 9.17) is 16.6 Å². The van der Waals surface area contributed by atoms with Gasteiger partial charge in [-0.25, -0.2) is 4.98 Å². The Morgan fingerprint density at radius 3 is 2.55 bits per heavy atom. The van der Waals surface area contributed by atoms with Gasteiger partial charge in [-0.05, 0) is 17.7 Å². The SMILES string of the molecule is Clc1ccc(-c2cn3c(n2)-c2ccccc2C3)cc1.[Br-]. The third kappa shape index (κ3) is 2.07. The lowest BCUT2D eigenvalue weighted by Crippen LogP contribution is -3.00. The summed E-state index contributed by atoms with van der Waals surface area (Å²) in [5.74, 6) is 1.06. The number of benzene rings is 2. The Morgan fingerprint density at radius 2 is 1.75 bits per heavy atom. The van der Waals surface area contributed by atoms with Gasteiger partial charge in [-0.3, -0.25) is 0 Å². The Labute approximate surface area is 132 Å². The van der Waals surface area contributed by atoms with Gasteiger partial charge in [0.1, 0.15) is 5.82 Å². The lowest BCUT2D eigenvalue weighted by Gasteiger charge is -1.98. The summed E-state index contributed by atoms with van der Waals surface area (Å²) in [5.41, 5.74) is 4.68. The molecular weight excluding hydrogens is 336 g/mol. The number of rotatable bonds is 1. The lowest BCUT2D eigenvalue weighted by atomic mass is 10.1. The van der Waals surface area contributed by atoms with Gasteiger partial charge >= 0.3 is 0 Å². The van der Waals surface area contributed by atoms with Crippen LogP contribution in [0.3, 0.4) is 0 Å². The first-order valence-corrected chi connectivity index (χ1v) is 6.60. The lowest BCUT2D eigenvalue weighted by molar-refractivity contribution is -0.00000365. The summed E-state index contributed by atoms with van der Waals surface area (Å²) in [5, 5.41) is 0.751. The van der Waals surface area contributed by atoms with Gasteiger partial charge in [0, 0.05) is 28.9 Å². The molecule has 0 saturated carbocycles. The van der Waals surface area contributed by atoms with Crippen molar-refractivity contribution < 1.29 is 17.0 Å². The number of hydrogen-bond acceptors (Lipinski definition) is 1. The third-order valence-electron chi connectivity index (χ3n) is 3.52. The highest BCUT2D eigenvalue weighted by Gasteiger charge is 2.20. The van der Waals surface area contributed by atoms with Gasteiger partial charge in [-0.15, -0.1) is 0 Å². The molecule has 4 heteroatoms. The Kier molecular flexibility index (Phi) is 3.40. The zero-order valence-electron chi connectivity index (χ0n) is 10.6.